The van der Waals surface area contributed by atoms with Crippen LogP contribution >= 0.6 is 11.6 Å². The number of hydrogen-bond donors (Lipinski definition) is 2. The predicted molar refractivity (Wildman–Crippen MR) is 137 cm³/mol. The average molecular weight is 494 g/mol. The largest absolute Gasteiger partial charge is 0.351 e. The van der Waals surface area contributed by atoms with Crippen molar-refractivity contribution in [2.75, 3.05) is 31.5 Å². The summed E-state index contributed by atoms with van der Waals surface area (Å²) in [5, 5.41) is 7.22. The zero-order valence-corrected chi connectivity index (χ0v) is 20.3. The van der Waals surface area contributed by atoms with Gasteiger partial charge in [0.15, 0.2) is 0 Å². The van der Waals surface area contributed by atoms with E-state index in [0.717, 1.165) is 68.6 Å². The van der Waals surface area contributed by atoms with Crippen molar-refractivity contribution in [2.45, 2.75) is 31.7 Å². The molecule has 0 spiro atoms. The highest BCUT2D eigenvalue weighted by molar-refractivity contribution is 6.32. The maximum absolute atomic E-state index is 13.3. The van der Waals surface area contributed by atoms with Crippen molar-refractivity contribution < 1.29 is 9.18 Å². The van der Waals surface area contributed by atoms with Crippen LogP contribution in [-0.2, 0) is 4.79 Å². The van der Waals surface area contributed by atoms with E-state index in [-0.39, 0.29) is 23.7 Å². The fraction of sp³-hybridized carbons (Fsp3) is 0.370. The van der Waals surface area contributed by atoms with Gasteiger partial charge in [0, 0.05) is 43.7 Å². The van der Waals surface area contributed by atoms with E-state index in [1.165, 1.54) is 12.1 Å². The third-order valence-electron chi connectivity index (χ3n) is 6.84. The first-order valence-corrected chi connectivity index (χ1v) is 12.6. The minimum atomic E-state index is -0.265. The Labute approximate surface area is 209 Å². The van der Waals surface area contributed by atoms with Crippen molar-refractivity contribution >= 4 is 23.5 Å². The molecule has 2 aliphatic rings. The number of halogens is 2. The van der Waals surface area contributed by atoms with Gasteiger partial charge in [0.05, 0.1) is 16.9 Å². The van der Waals surface area contributed by atoms with E-state index < -0.39 is 0 Å². The molecular formula is C27H29ClFN5O. The maximum Gasteiger partial charge on any atom is 0.225 e. The summed E-state index contributed by atoms with van der Waals surface area (Å²) in [6.07, 6.45) is 5.31. The van der Waals surface area contributed by atoms with E-state index >= 15 is 0 Å². The number of carbonyl (C=O) groups excluding carboxylic acids is 1. The second kappa shape index (κ2) is 10.7. The van der Waals surface area contributed by atoms with Gasteiger partial charge >= 0.3 is 0 Å². The van der Waals surface area contributed by atoms with Gasteiger partial charge in [-0.15, -0.1) is 0 Å². The minimum Gasteiger partial charge on any atom is -0.351 e. The van der Waals surface area contributed by atoms with Gasteiger partial charge in [-0.25, -0.2) is 14.4 Å². The molecule has 2 N–H and O–H groups in total. The zero-order valence-electron chi connectivity index (χ0n) is 19.5. The van der Waals surface area contributed by atoms with E-state index in [2.05, 4.69) is 15.6 Å². The van der Waals surface area contributed by atoms with E-state index in [0.29, 0.717) is 16.7 Å². The van der Waals surface area contributed by atoms with Crippen LogP contribution in [0.1, 0.15) is 25.7 Å². The number of amides is 1. The molecule has 0 radical (unpaired) electrons. The lowest BCUT2D eigenvalue weighted by molar-refractivity contribution is -0.137. The molecule has 3 aromatic rings. The number of rotatable bonds is 5. The number of hydrogen-bond acceptors (Lipinski definition) is 5. The van der Waals surface area contributed by atoms with E-state index in [4.69, 9.17) is 16.6 Å². The highest BCUT2D eigenvalue weighted by Crippen LogP contribution is 2.32. The molecule has 2 fully saturated rings. The Bertz CT molecular complexity index is 1180. The molecule has 1 saturated heterocycles. The van der Waals surface area contributed by atoms with E-state index in [9.17, 15) is 9.18 Å². The minimum absolute atomic E-state index is 0.0403. The summed E-state index contributed by atoms with van der Waals surface area (Å²) in [6, 6.07) is 14.4. The number of aromatic nitrogens is 2. The third kappa shape index (κ3) is 5.63. The van der Waals surface area contributed by atoms with Crippen molar-refractivity contribution in [2.24, 2.45) is 5.92 Å². The molecule has 2 heterocycles. The standard InChI is InChI=1S/C27H29ClFN5O/c28-24-17-31-27(32-23-6-2-5-21(16-23)26(35)34-13-11-30-12-14-34)33-25(24)20-4-1-3-19(15-20)18-7-9-22(29)10-8-18/h1,3-4,7-10,15,17,21,23,30H,2,5-6,11-14,16H2,(H,31,32,33)/t21-,23+/m0/s1. The second-order valence-corrected chi connectivity index (χ2v) is 9.67. The molecule has 1 aliphatic heterocycles. The summed E-state index contributed by atoms with van der Waals surface area (Å²) in [5.74, 6) is 0.558. The molecule has 1 saturated carbocycles. The highest BCUT2D eigenvalue weighted by atomic mass is 35.5. The quantitative estimate of drug-likeness (QED) is 0.523. The number of nitrogens with zero attached hydrogens (tertiary/aromatic N) is 3. The molecule has 0 unspecified atom stereocenters. The average Bonchev–Trinajstić information content (AvgIpc) is 2.90. The summed E-state index contributed by atoms with van der Waals surface area (Å²) in [4.78, 5) is 24.1. The van der Waals surface area contributed by atoms with Crippen molar-refractivity contribution in [3.05, 3.63) is 65.6 Å². The lowest BCUT2D eigenvalue weighted by atomic mass is 9.84. The molecule has 0 bridgehead atoms. The lowest BCUT2D eigenvalue weighted by Crippen LogP contribution is -2.49. The fourth-order valence-electron chi connectivity index (χ4n) is 5.00. The maximum atomic E-state index is 13.3. The first-order valence-electron chi connectivity index (χ1n) is 12.2. The first-order chi connectivity index (χ1) is 17.1. The van der Waals surface area contributed by atoms with Crippen LogP contribution in [0.15, 0.2) is 54.7 Å². The van der Waals surface area contributed by atoms with Crippen molar-refractivity contribution in [3.8, 4) is 22.4 Å². The number of carbonyl (C=O) groups is 1. The Morgan fingerprint density at radius 1 is 1.06 bits per heavy atom. The van der Waals surface area contributed by atoms with Crippen LogP contribution in [0.2, 0.25) is 5.02 Å². The van der Waals surface area contributed by atoms with Gasteiger partial charge in [0.2, 0.25) is 11.9 Å². The van der Waals surface area contributed by atoms with Crippen LogP contribution in [0.25, 0.3) is 22.4 Å². The Morgan fingerprint density at radius 2 is 1.83 bits per heavy atom. The fourth-order valence-corrected chi connectivity index (χ4v) is 5.20. The zero-order chi connectivity index (χ0) is 24.2. The number of anilines is 1. The molecule has 5 rings (SSSR count). The van der Waals surface area contributed by atoms with Gasteiger partial charge in [-0.1, -0.05) is 48.4 Å². The van der Waals surface area contributed by atoms with Gasteiger partial charge in [0.1, 0.15) is 5.82 Å². The van der Waals surface area contributed by atoms with Crippen LogP contribution in [0, 0.1) is 11.7 Å². The summed E-state index contributed by atoms with van der Waals surface area (Å²) < 4.78 is 13.3. The second-order valence-electron chi connectivity index (χ2n) is 9.26. The number of piperazine rings is 1. The topological polar surface area (TPSA) is 70.2 Å². The van der Waals surface area contributed by atoms with Gasteiger partial charge in [-0.3, -0.25) is 4.79 Å². The molecule has 2 atom stereocenters. The molecule has 1 aromatic heterocycles. The molecule has 6 nitrogen and oxygen atoms in total. The van der Waals surface area contributed by atoms with Crippen molar-refractivity contribution in [1.82, 2.24) is 20.2 Å². The van der Waals surface area contributed by atoms with Crippen LogP contribution in [0.3, 0.4) is 0 Å². The molecule has 1 aliphatic carbocycles. The van der Waals surface area contributed by atoms with E-state index in [1.807, 2.05) is 29.2 Å². The molecular weight excluding hydrogens is 465 g/mol. The summed E-state index contributed by atoms with van der Waals surface area (Å²) in [5.41, 5.74) is 3.36. The van der Waals surface area contributed by atoms with Crippen molar-refractivity contribution in [3.63, 3.8) is 0 Å². The Balaban J connectivity index is 1.31. The molecule has 2 aromatic carbocycles. The monoisotopic (exact) mass is 493 g/mol. The lowest BCUT2D eigenvalue weighted by Gasteiger charge is -2.35. The molecule has 35 heavy (non-hydrogen) atoms. The first kappa shape index (κ1) is 23.7. The van der Waals surface area contributed by atoms with Gasteiger partial charge in [0.25, 0.3) is 0 Å². The molecule has 8 heteroatoms. The van der Waals surface area contributed by atoms with Gasteiger partial charge in [-0.05, 0) is 48.6 Å². The van der Waals surface area contributed by atoms with Crippen LogP contribution in [0.5, 0.6) is 0 Å². The van der Waals surface area contributed by atoms with Crippen LogP contribution < -0.4 is 10.6 Å². The highest BCUT2D eigenvalue weighted by Gasteiger charge is 2.31. The SMILES string of the molecule is O=C([C@H]1CCC[C@@H](Nc2ncc(Cl)c(-c3cccc(-c4ccc(F)cc4)c3)n2)C1)N1CCNCC1. The summed E-state index contributed by atoms with van der Waals surface area (Å²) in [6.45, 7) is 3.30. The summed E-state index contributed by atoms with van der Waals surface area (Å²) >= 11 is 6.49. The third-order valence-corrected chi connectivity index (χ3v) is 7.12. The van der Waals surface area contributed by atoms with E-state index in [1.54, 1.807) is 18.3 Å². The Hall–Kier alpha value is -3.03. The van der Waals surface area contributed by atoms with Crippen LogP contribution in [0.4, 0.5) is 10.3 Å². The normalized spacial score (nSPS) is 20.5. The molecule has 1 amide bonds. The van der Waals surface area contributed by atoms with Crippen molar-refractivity contribution in [1.29, 1.82) is 0 Å². The predicted octanol–water partition coefficient (Wildman–Crippen LogP) is 5.01. The van der Waals surface area contributed by atoms with Gasteiger partial charge in [-0.2, -0.15) is 0 Å². The van der Waals surface area contributed by atoms with Crippen LogP contribution in [-0.4, -0.2) is 53.0 Å². The Morgan fingerprint density at radius 3 is 2.63 bits per heavy atom. The number of nitrogens with one attached hydrogen (secondary N) is 2. The smallest absolute Gasteiger partial charge is 0.225 e. The molecule has 182 valence electrons. The number of benzene rings is 2. The van der Waals surface area contributed by atoms with Gasteiger partial charge < -0.3 is 15.5 Å². The Kier molecular flexibility index (Phi) is 7.25. The summed E-state index contributed by atoms with van der Waals surface area (Å²) in [7, 11) is 0.